The van der Waals surface area contributed by atoms with Crippen LogP contribution in [-0.2, 0) is 19.0 Å². The van der Waals surface area contributed by atoms with Gasteiger partial charge in [0.2, 0.25) is 6.23 Å². The fourth-order valence-electron chi connectivity index (χ4n) is 4.99. The number of hydrogen-bond donors (Lipinski definition) is 2. The molecule has 2 saturated heterocycles. The molecule has 0 spiro atoms. The van der Waals surface area contributed by atoms with Crippen LogP contribution >= 0.6 is 0 Å². The van der Waals surface area contributed by atoms with E-state index in [1.807, 2.05) is 11.9 Å². The molecule has 0 bridgehead atoms. The molecular weight excluding hydrogens is 528 g/mol. The van der Waals surface area contributed by atoms with E-state index in [1.165, 1.54) is 6.20 Å². The zero-order valence-corrected chi connectivity index (χ0v) is 23.4. The number of pyridine rings is 2. The quantitative estimate of drug-likeness (QED) is 0.343. The number of piperazine rings is 1. The minimum Gasteiger partial charge on any atom is -0.463 e. The van der Waals surface area contributed by atoms with Crippen LogP contribution in [0.1, 0.15) is 37.0 Å². The van der Waals surface area contributed by atoms with Crippen LogP contribution in [0.4, 0.5) is 5.82 Å². The van der Waals surface area contributed by atoms with E-state index in [0.717, 1.165) is 25.9 Å². The number of aliphatic hydroxyl groups excluding tert-OH is 1. The lowest BCUT2D eigenvalue weighted by atomic mass is 10.1. The SMILES string of the molecule is CCOC(=O)C(OCC(O)c1cc2ncn(-c3ccc(C#N)cn3)c2nc1NC1CCOCC1)N1CCN(C)CC1. The molecule has 2 aliphatic heterocycles. The van der Waals surface area contributed by atoms with Crippen molar-refractivity contribution in [3.8, 4) is 11.9 Å². The Morgan fingerprint density at radius 3 is 2.71 bits per heavy atom. The van der Waals surface area contributed by atoms with Gasteiger partial charge >= 0.3 is 5.97 Å². The molecule has 2 atom stereocenters. The first-order valence-electron chi connectivity index (χ1n) is 13.9. The van der Waals surface area contributed by atoms with Crippen molar-refractivity contribution in [1.29, 1.82) is 5.26 Å². The number of esters is 1. The predicted octanol–water partition coefficient (Wildman–Crippen LogP) is 1.46. The summed E-state index contributed by atoms with van der Waals surface area (Å²) in [7, 11) is 2.04. The molecule has 2 aliphatic rings. The van der Waals surface area contributed by atoms with Crippen LogP contribution in [-0.4, -0.2) is 112 Å². The molecule has 0 radical (unpaired) electrons. The van der Waals surface area contributed by atoms with E-state index >= 15 is 0 Å². The molecule has 13 nitrogen and oxygen atoms in total. The molecule has 5 heterocycles. The Bertz CT molecular complexity index is 1360. The number of hydrogen-bond acceptors (Lipinski definition) is 12. The second-order valence-electron chi connectivity index (χ2n) is 10.2. The van der Waals surface area contributed by atoms with Crippen molar-refractivity contribution < 1.29 is 24.1 Å². The number of fused-ring (bicyclic) bond motifs is 1. The maximum absolute atomic E-state index is 12.8. The van der Waals surface area contributed by atoms with Gasteiger partial charge in [0.15, 0.2) is 5.65 Å². The van der Waals surface area contributed by atoms with Gasteiger partial charge in [-0.25, -0.2) is 19.7 Å². The molecular formula is C28H36N8O5. The summed E-state index contributed by atoms with van der Waals surface area (Å²) in [4.78, 5) is 30.7. The highest BCUT2D eigenvalue weighted by Gasteiger charge is 2.32. The molecule has 0 aliphatic carbocycles. The Balaban J connectivity index is 1.42. The summed E-state index contributed by atoms with van der Waals surface area (Å²) in [5.74, 6) is 0.604. The Morgan fingerprint density at radius 2 is 2.02 bits per heavy atom. The predicted molar refractivity (Wildman–Crippen MR) is 149 cm³/mol. The van der Waals surface area contributed by atoms with E-state index in [1.54, 1.807) is 36.0 Å². The number of ether oxygens (including phenoxy) is 3. The molecule has 0 amide bonds. The van der Waals surface area contributed by atoms with E-state index in [9.17, 15) is 9.90 Å². The third-order valence-corrected chi connectivity index (χ3v) is 7.37. The van der Waals surface area contributed by atoms with E-state index < -0.39 is 18.3 Å². The first-order valence-corrected chi connectivity index (χ1v) is 13.9. The molecule has 2 N–H and O–H groups in total. The van der Waals surface area contributed by atoms with Gasteiger partial charge in [0, 0.05) is 57.2 Å². The average Bonchev–Trinajstić information content (AvgIpc) is 3.41. The lowest BCUT2D eigenvalue weighted by Crippen LogP contribution is -2.53. The number of nitrogens with one attached hydrogen (secondary N) is 1. The highest BCUT2D eigenvalue weighted by molar-refractivity contribution is 5.77. The van der Waals surface area contributed by atoms with Gasteiger partial charge in [0.05, 0.1) is 18.8 Å². The van der Waals surface area contributed by atoms with Crippen LogP contribution in [0.25, 0.3) is 17.0 Å². The largest absolute Gasteiger partial charge is 0.463 e. The van der Waals surface area contributed by atoms with Crippen LogP contribution in [0, 0.1) is 11.3 Å². The van der Waals surface area contributed by atoms with Crippen LogP contribution < -0.4 is 5.32 Å². The van der Waals surface area contributed by atoms with Crippen molar-refractivity contribution in [2.45, 2.75) is 38.1 Å². The van der Waals surface area contributed by atoms with Crippen LogP contribution in [0.5, 0.6) is 0 Å². The number of aromatic nitrogens is 4. The molecule has 218 valence electrons. The van der Waals surface area contributed by atoms with Crippen molar-refractivity contribution in [3.05, 3.63) is 41.9 Å². The minimum atomic E-state index is -1.09. The van der Waals surface area contributed by atoms with Gasteiger partial charge in [-0.1, -0.05) is 0 Å². The van der Waals surface area contributed by atoms with Crippen LogP contribution in [0.15, 0.2) is 30.7 Å². The number of nitriles is 1. The monoisotopic (exact) mass is 564 g/mol. The molecule has 3 aromatic rings. The van der Waals surface area contributed by atoms with E-state index in [4.69, 9.17) is 24.5 Å². The third kappa shape index (κ3) is 6.80. The average molecular weight is 565 g/mol. The van der Waals surface area contributed by atoms with Crippen molar-refractivity contribution >= 4 is 23.0 Å². The normalized spacial score (nSPS) is 18.6. The summed E-state index contributed by atoms with van der Waals surface area (Å²) >= 11 is 0. The highest BCUT2D eigenvalue weighted by atomic mass is 16.6. The topological polar surface area (TPSA) is 151 Å². The smallest absolute Gasteiger partial charge is 0.350 e. The number of carbonyl (C=O) groups is 1. The molecule has 0 aromatic carbocycles. The molecule has 2 fully saturated rings. The van der Waals surface area contributed by atoms with E-state index in [2.05, 4.69) is 26.3 Å². The fourth-order valence-corrected chi connectivity index (χ4v) is 4.99. The maximum Gasteiger partial charge on any atom is 0.350 e. The van der Waals surface area contributed by atoms with E-state index in [0.29, 0.717) is 60.2 Å². The number of anilines is 1. The van der Waals surface area contributed by atoms with Gasteiger partial charge in [-0.3, -0.25) is 9.47 Å². The third-order valence-electron chi connectivity index (χ3n) is 7.37. The number of carbonyl (C=O) groups excluding carboxylic acids is 1. The lowest BCUT2D eigenvalue weighted by molar-refractivity contribution is -0.176. The lowest BCUT2D eigenvalue weighted by Gasteiger charge is -2.36. The van der Waals surface area contributed by atoms with Crippen molar-refractivity contribution in [1.82, 2.24) is 29.3 Å². The molecule has 0 saturated carbocycles. The van der Waals surface area contributed by atoms with Gasteiger partial charge in [-0.2, -0.15) is 5.26 Å². The standard InChI is InChI=1S/C28H36N8O5/c1-3-40-28(38)27(35-10-8-34(2)9-11-35)41-17-23(37)21-14-22-26(33-25(21)32-20-6-12-39-13-7-20)36(18-31-22)24-5-4-19(15-29)16-30-24/h4-5,14,16,18,20,23,27,37H,3,6-13,17H2,1-2H3,(H,32,33). The second-order valence-corrected chi connectivity index (χ2v) is 10.2. The summed E-state index contributed by atoms with van der Waals surface area (Å²) in [5, 5.41) is 24.0. The summed E-state index contributed by atoms with van der Waals surface area (Å²) < 4.78 is 18.6. The first-order chi connectivity index (χ1) is 20.0. The van der Waals surface area contributed by atoms with Crippen molar-refractivity contribution in [3.63, 3.8) is 0 Å². The van der Waals surface area contributed by atoms with Gasteiger partial charge in [-0.05, 0) is 45.0 Å². The number of likely N-dealkylation sites (N-methyl/N-ethyl adjacent to an activating group) is 1. The summed E-state index contributed by atoms with van der Waals surface area (Å²) in [5.41, 5.74) is 2.08. The van der Waals surface area contributed by atoms with E-state index in [-0.39, 0.29) is 19.3 Å². The van der Waals surface area contributed by atoms with Gasteiger partial charge in [-0.15, -0.1) is 0 Å². The molecule has 2 unspecified atom stereocenters. The Kier molecular flexibility index (Phi) is 9.38. The number of imidazole rings is 1. The molecule has 3 aromatic heterocycles. The number of aliphatic hydroxyl groups is 1. The van der Waals surface area contributed by atoms with Crippen molar-refractivity contribution in [2.24, 2.45) is 0 Å². The number of nitrogens with zero attached hydrogens (tertiary/aromatic N) is 7. The fraction of sp³-hybridized carbons (Fsp3) is 0.536. The zero-order chi connectivity index (χ0) is 28.8. The summed E-state index contributed by atoms with van der Waals surface area (Å²) in [6, 6.07) is 7.39. The Hall–Kier alpha value is -3.67. The second kappa shape index (κ2) is 13.3. The van der Waals surface area contributed by atoms with Crippen LogP contribution in [0.2, 0.25) is 0 Å². The van der Waals surface area contributed by atoms with Gasteiger partial charge in [0.25, 0.3) is 0 Å². The minimum absolute atomic E-state index is 0.114. The first kappa shape index (κ1) is 28.8. The van der Waals surface area contributed by atoms with Crippen molar-refractivity contribution in [2.75, 3.05) is 65.0 Å². The van der Waals surface area contributed by atoms with Crippen LogP contribution in [0.3, 0.4) is 0 Å². The summed E-state index contributed by atoms with van der Waals surface area (Å²) in [6.07, 6.45) is 2.71. The molecule has 13 heteroatoms. The Morgan fingerprint density at radius 1 is 1.24 bits per heavy atom. The molecule has 41 heavy (non-hydrogen) atoms. The number of rotatable bonds is 10. The van der Waals surface area contributed by atoms with Gasteiger partial charge in [0.1, 0.15) is 35.7 Å². The van der Waals surface area contributed by atoms with Gasteiger partial charge < -0.3 is 29.5 Å². The Labute approximate surface area is 238 Å². The highest BCUT2D eigenvalue weighted by Crippen LogP contribution is 2.29. The zero-order valence-electron chi connectivity index (χ0n) is 23.4. The summed E-state index contributed by atoms with van der Waals surface area (Å²) in [6.45, 7) is 6.06. The molecule has 5 rings (SSSR count). The maximum atomic E-state index is 12.8.